The summed E-state index contributed by atoms with van der Waals surface area (Å²) in [7, 11) is 2.15. The van der Waals surface area contributed by atoms with Crippen LogP contribution in [0.5, 0.6) is 0 Å². The molecular formula is C12H17ClN2. The number of likely N-dealkylation sites (N-methyl/N-ethyl adjacent to an activating group) is 1. The van der Waals surface area contributed by atoms with Crippen molar-refractivity contribution < 1.29 is 0 Å². The molecule has 15 heavy (non-hydrogen) atoms. The van der Waals surface area contributed by atoms with Gasteiger partial charge in [-0.25, -0.2) is 0 Å². The van der Waals surface area contributed by atoms with Gasteiger partial charge in [0, 0.05) is 37.4 Å². The van der Waals surface area contributed by atoms with Gasteiger partial charge >= 0.3 is 0 Å². The molecule has 0 spiro atoms. The first-order valence-corrected chi connectivity index (χ1v) is 5.98. The molecule has 1 aromatic rings. The molecular weight excluding hydrogens is 208 g/mol. The number of hydrogen-bond acceptors (Lipinski definition) is 2. The van der Waals surface area contributed by atoms with E-state index in [0.29, 0.717) is 0 Å². The van der Waals surface area contributed by atoms with Crippen LogP contribution in [-0.2, 0) is 6.42 Å². The largest absolute Gasteiger partial charge is 0.385 e. The van der Waals surface area contributed by atoms with Crippen molar-refractivity contribution >= 4 is 23.0 Å². The number of fused-ring (bicyclic) bond motifs is 1. The molecule has 0 bridgehead atoms. The molecule has 0 amide bonds. The van der Waals surface area contributed by atoms with Gasteiger partial charge in [-0.2, -0.15) is 0 Å². The Hall–Kier alpha value is -0.890. The van der Waals surface area contributed by atoms with E-state index in [9.17, 15) is 0 Å². The molecule has 3 heteroatoms. The smallest absolute Gasteiger partial charge is 0.0398 e. The maximum absolute atomic E-state index is 5.63. The highest BCUT2D eigenvalue weighted by Crippen LogP contribution is 2.28. The zero-order valence-corrected chi connectivity index (χ0v) is 9.85. The standard InChI is InChI=1S/C12H17ClN2/c1-15-8-5-10-9-11(3-4-12(10)15)14-7-2-6-13/h3-4,9,14H,2,5-8H2,1H3. The first-order valence-electron chi connectivity index (χ1n) is 5.45. The summed E-state index contributed by atoms with van der Waals surface area (Å²) < 4.78 is 0. The summed E-state index contributed by atoms with van der Waals surface area (Å²) in [6, 6.07) is 6.60. The zero-order chi connectivity index (χ0) is 10.7. The third-order valence-electron chi connectivity index (χ3n) is 2.85. The molecule has 0 unspecified atom stereocenters. The minimum absolute atomic E-state index is 0.723. The lowest BCUT2D eigenvalue weighted by Crippen LogP contribution is -2.12. The van der Waals surface area contributed by atoms with Gasteiger partial charge in [-0.3, -0.25) is 0 Å². The Balaban J connectivity index is 2.03. The highest BCUT2D eigenvalue weighted by atomic mass is 35.5. The Labute approximate surface area is 96.2 Å². The highest BCUT2D eigenvalue weighted by Gasteiger charge is 2.15. The summed E-state index contributed by atoms with van der Waals surface area (Å²) in [5, 5.41) is 3.39. The number of rotatable bonds is 4. The van der Waals surface area contributed by atoms with Gasteiger partial charge in [0.2, 0.25) is 0 Å². The van der Waals surface area contributed by atoms with E-state index in [-0.39, 0.29) is 0 Å². The fourth-order valence-corrected chi connectivity index (χ4v) is 2.11. The molecule has 1 aliphatic heterocycles. The number of halogens is 1. The monoisotopic (exact) mass is 224 g/mol. The normalized spacial score (nSPS) is 14.1. The summed E-state index contributed by atoms with van der Waals surface area (Å²) in [5.74, 6) is 0.723. The molecule has 2 rings (SSSR count). The minimum Gasteiger partial charge on any atom is -0.385 e. The first kappa shape index (κ1) is 10.6. The Bertz CT molecular complexity index is 338. The van der Waals surface area contributed by atoms with E-state index in [1.165, 1.54) is 16.9 Å². The number of alkyl halides is 1. The Morgan fingerprint density at radius 3 is 3.13 bits per heavy atom. The van der Waals surface area contributed by atoms with Crippen molar-refractivity contribution in [2.24, 2.45) is 0 Å². The Morgan fingerprint density at radius 1 is 1.47 bits per heavy atom. The molecule has 1 aliphatic rings. The van der Waals surface area contributed by atoms with E-state index in [1.807, 2.05) is 0 Å². The van der Waals surface area contributed by atoms with Crippen LogP contribution in [0, 0.1) is 0 Å². The van der Waals surface area contributed by atoms with Gasteiger partial charge in [-0.15, -0.1) is 11.6 Å². The molecule has 0 saturated carbocycles. The summed E-state index contributed by atoms with van der Waals surface area (Å²) >= 11 is 5.63. The van der Waals surface area contributed by atoms with Gasteiger partial charge in [0.1, 0.15) is 0 Å². The lowest BCUT2D eigenvalue weighted by atomic mass is 10.1. The lowest BCUT2D eigenvalue weighted by molar-refractivity contribution is 0.956. The van der Waals surface area contributed by atoms with Gasteiger partial charge < -0.3 is 10.2 Å². The average molecular weight is 225 g/mol. The minimum atomic E-state index is 0.723. The number of hydrogen-bond donors (Lipinski definition) is 1. The van der Waals surface area contributed by atoms with Gasteiger partial charge in [0.25, 0.3) is 0 Å². The molecule has 0 radical (unpaired) electrons. The second kappa shape index (κ2) is 4.75. The molecule has 0 aliphatic carbocycles. The number of nitrogens with zero attached hydrogens (tertiary/aromatic N) is 1. The molecule has 2 nitrogen and oxygen atoms in total. The van der Waals surface area contributed by atoms with Crippen molar-refractivity contribution in [1.82, 2.24) is 0 Å². The van der Waals surface area contributed by atoms with Crippen molar-refractivity contribution in [3.63, 3.8) is 0 Å². The predicted molar refractivity (Wildman–Crippen MR) is 67.2 cm³/mol. The van der Waals surface area contributed by atoms with Crippen LogP contribution in [-0.4, -0.2) is 26.0 Å². The van der Waals surface area contributed by atoms with Crippen LogP contribution in [0.1, 0.15) is 12.0 Å². The van der Waals surface area contributed by atoms with Crippen molar-refractivity contribution in [1.29, 1.82) is 0 Å². The first-order chi connectivity index (χ1) is 7.31. The SMILES string of the molecule is CN1CCc2cc(NCCCCl)ccc21. The maximum Gasteiger partial charge on any atom is 0.0398 e. The van der Waals surface area contributed by atoms with Crippen molar-refractivity contribution in [2.75, 3.05) is 36.2 Å². The van der Waals surface area contributed by atoms with Crippen LogP contribution in [0.4, 0.5) is 11.4 Å². The van der Waals surface area contributed by atoms with Crippen LogP contribution >= 0.6 is 11.6 Å². The fraction of sp³-hybridized carbons (Fsp3) is 0.500. The fourth-order valence-electron chi connectivity index (χ4n) is 1.98. The predicted octanol–water partition coefficient (Wildman–Crippen LogP) is 2.72. The molecule has 82 valence electrons. The third kappa shape index (κ3) is 2.37. The number of anilines is 2. The van der Waals surface area contributed by atoms with E-state index in [4.69, 9.17) is 11.6 Å². The zero-order valence-electron chi connectivity index (χ0n) is 9.09. The van der Waals surface area contributed by atoms with E-state index in [0.717, 1.165) is 31.8 Å². The molecule has 0 atom stereocenters. The van der Waals surface area contributed by atoms with Crippen LogP contribution in [0.3, 0.4) is 0 Å². The maximum atomic E-state index is 5.63. The van der Waals surface area contributed by atoms with Crippen molar-refractivity contribution in [3.8, 4) is 0 Å². The number of benzene rings is 1. The average Bonchev–Trinajstić information content (AvgIpc) is 2.61. The summed E-state index contributed by atoms with van der Waals surface area (Å²) in [4.78, 5) is 2.30. The van der Waals surface area contributed by atoms with E-state index >= 15 is 0 Å². The van der Waals surface area contributed by atoms with Crippen LogP contribution < -0.4 is 10.2 Å². The summed E-state index contributed by atoms with van der Waals surface area (Å²) in [6.45, 7) is 2.10. The summed E-state index contributed by atoms with van der Waals surface area (Å²) in [5.41, 5.74) is 4.04. The van der Waals surface area contributed by atoms with Gasteiger partial charge in [-0.1, -0.05) is 0 Å². The topological polar surface area (TPSA) is 15.3 Å². The molecule has 1 N–H and O–H groups in total. The Kier molecular flexibility index (Phi) is 3.37. The Morgan fingerprint density at radius 2 is 2.33 bits per heavy atom. The van der Waals surface area contributed by atoms with E-state index in [1.54, 1.807) is 0 Å². The molecule has 0 fully saturated rings. The molecule has 0 saturated heterocycles. The summed E-state index contributed by atoms with van der Waals surface area (Å²) in [6.07, 6.45) is 2.18. The molecule has 1 heterocycles. The second-order valence-corrected chi connectivity index (χ2v) is 4.36. The number of nitrogens with one attached hydrogen (secondary N) is 1. The van der Waals surface area contributed by atoms with Crippen molar-refractivity contribution in [2.45, 2.75) is 12.8 Å². The van der Waals surface area contributed by atoms with Gasteiger partial charge in [0.15, 0.2) is 0 Å². The van der Waals surface area contributed by atoms with E-state index < -0.39 is 0 Å². The van der Waals surface area contributed by atoms with Gasteiger partial charge in [0.05, 0.1) is 0 Å². The van der Waals surface area contributed by atoms with E-state index in [2.05, 4.69) is 35.5 Å². The third-order valence-corrected chi connectivity index (χ3v) is 3.11. The van der Waals surface area contributed by atoms with Crippen LogP contribution in [0.2, 0.25) is 0 Å². The van der Waals surface area contributed by atoms with Crippen LogP contribution in [0.15, 0.2) is 18.2 Å². The van der Waals surface area contributed by atoms with Gasteiger partial charge in [-0.05, 0) is 36.6 Å². The quantitative estimate of drug-likeness (QED) is 0.625. The molecule has 0 aromatic heterocycles. The lowest BCUT2D eigenvalue weighted by Gasteiger charge is -2.12. The molecule has 1 aromatic carbocycles. The highest BCUT2D eigenvalue weighted by molar-refractivity contribution is 6.17. The second-order valence-electron chi connectivity index (χ2n) is 3.98. The van der Waals surface area contributed by atoms with Crippen molar-refractivity contribution in [3.05, 3.63) is 23.8 Å². The van der Waals surface area contributed by atoms with Crippen LogP contribution in [0.25, 0.3) is 0 Å².